The van der Waals surface area contributed by atoms with Crippen molar-refractivity contribution in [2.45, 2.75) is 13.0 Å². The average molecular weight is 276 g/mol. The zero-order valence-corrected chi connectivity index (χ0v) is 11.8. The van der Waals surface area contributed by atoms with Gasteiger partial charge in [0.25, 0.3) is 5.91 Å². The van der Waals surface area contributed by atoms with E-state index in [1.807, 2.05) is 6.07 Å². The Morgan fingerprint density at radius 2 is 2.20 bits per heavy atom. The summed E-state index contributed by atoms with van der Waals surface area (Å²) in [6.07, 6.45) is 0. The van der Waals surface area contributed by atoms with Crippen LogP contribution in [0.4, 0.5) is 17.1 Å². The van der Waals surface area contributed by atoms with Crippen molar-refractivity contribution >= 4 is 23.0 Å². The Kier molecular flexibility index (Phi) is 3.17. The van der Waals surface area contributed by atoms with Crippen molar-refractivity contribution in [3.63, 3.8) is 0 Å². The van der Waals surface area contributed by atoms with Crippen LogP contribution in [0.2, 0.25) is 0 Å². The molecule has 2 aliphatic rings. The Morgan fingerprint density at radius 3 is 2.95 bits per heavy atom. The number of carbonyl (C=O) groups is 1. The van der Waals surface area contributed by atoms with Crippen LogP contribution in [0.25, 0.3) is 0 Å². The molecule has 1 aromatic rings. The highest BCUT2D eigenvalue weighted by atomic mass is 16.5. The predicted octanol–water partition coefficient (Wildman–Crippen LogP) is 0.740. The number of benzene rings is 1. The standard InChI is InChI=1S/C14H20N4O2/c1-9-7-17(2)3-4-18(9)12-6-11-13(5-10(12)15)20-8-14(19)16-11/h5-6,9H,3-4,7-8,15H2,1-2H3,(H,16,19). The molecular formula is C14H20N4O2. The van der Waals surface area contributed by atoms with E-state index in [9.17, 15) is 4.79 Å². The van der Waals surface area contributed by atoms with E-state index in [0.717, 1.165) is 25.3 Å². The molecular weight excluding hydrogens is 256 g/mol. The third-order valence-corrected chi connectivity index (χ3v) is 3.90. The number of piperazine rings is 1. The number of nitrogen functional groups attached to an aromatic ring is 1. The van der Waals surface area contributed by atoms with E-state index < -0.39 is 0 Å². The van der Waals surface area contributed by atoms with Crippen LogP contribution in [0.5, 0.6) is 5.75 Å². The van der Waals surface area contributed by atoms with Gasteiger partial charge in [0, 0.05) is 31.7 Å². The largest absolute Gasteiger partial charge is 0.482 e. The summed E-state index contributed by atoms with van der Waals surface area (Å²) in [5, 5.41) is 2.83. The van der Waals surface area contributed by atoms with Crippen LogP contribution in [0, 0.1) is 0 Å². The number of ether oxygens (including phenoxy) is 1. The van der Waals surface area contributed by atoms with Crippen LogP contribution in [0.1, 0.15) is 6.92 Å². The molecule has 108 valence electrons. The van der Waals surface area contributed by atoms with Gasteiger partial charge >= 0.3 is 0 Å². The van der Waals surface area contributed by atoms with Gasteiger partial charge in [-0.1, -0.05) is 0 Å². The second-order valence-electron chi connectivity index (χ2n) is 5.55. The number of amides is 1. The maximum absolute atomic E-state index is 11.4. The minimum atomic E-state index is -0.125. The van der Waals surface area contributed by atoms with Gasteiger partial charge in [0.2, 0.25) is 0 Å². The van der Waals surface area contributed by atoms with E-state index in [1.165, 1.54) is 0 Å². The first kappa shape index (κ1) is 13.1. The molecule has 3 rings (SSSR count). The summed E-state index contributed by atoms with van der Waals surface area (Å²) in [5.74, 6) is 0.521. The minimum Gasteiger partial charge on any atom is -0.482 e. The molecule has 0 bridgehead atoms. The normalized spacial score (nSPS) is 23.0. The zero-order valence-electron chi connectivity index (χ0n) is 11.8. The molecule has 1 saturated heterocycles. The highest BCUT2D eigenvalue weighted by Crippen LogP contribution is 2.38. The van der Waals surface area contributed by atoms with E-state index in [4.69, 9.17) is 10.5 Å². The lowest BCUT2D eigenvalue weighted by Crippen LogP contribution is -2.50. The molecule has 0 saturated carbocycles. The Morgan fingerprint density at radius 1 is 1.40 bits per heavy atom. The molecule has 20 heavy (non-hydrogen) atoms. The predicted molar refractivity (Wildman–Crippen MR) is 79.3 cm³/mol. The van der Waals surface area contributed by atoms with Crippen LogP contribution in [-0.2, 0) is 4.79 Å². The zero-order chi connectivity index (χ0) is 14.3. The van der Waals surface area contributed by atoms with Crippen molar-refractivity contribution in [2.75, 3.05) is 49.2 Å². The quantitative estimate of drug-likeness (QED) is 0.740. The molecule has 2 aliphatic heterocycles. The number of nitrogens with zero attached hydrogens (tertiary/aromatic N) is 2. The Hall–Kier alpha value is -1.95. The fourth-order valence-electron chi connectivity index (χ4n) is 2.88. The molecule has 1 unspecified atom stereocenters. The van der Waals surface area contributed by atoms with Gasteiger partial charge in [-0.2, -0.15) is 0 Å². The van der Waals surface area contributed by atoms with Crippen molar-refractivity contribution in [1.82, 2.24) is 4.90 Å². The van der Waals surface area contributed by atoms with E-state index >= 15 is 0 Å². The third kappa shape index (κ3) is 2.27. The molecule has 0 aromatic heterocycles. The second kappa shape index (κ2) is 4.86. The highest BCUT2D eigenvalue weighted by molar-refractivity contribution is 5.97. The van der Waals surface area contributed by atoms with Crippen molar-refractivity contribution < 1.29 is 9.53 Å². The molecule has 1 fully saturated rings. The van der Waals surface area contributed by atoms with E-state index in [1.54, 1.807) is 6.07 Å². The number of hydrogen-bond donors (Lipinski definition) is 2. The number of likely N-dealkylation sites (N-methyl/N-ethyl adjacent to an activating group) is 1. The average Bonchev–Trinajstić information content (AvgIpc) is 2.39. The van der Waals surface area contributed by atoms with Crippen molar-refractivity contribution in [3.8, 4) is 5.75 Å². The van der Waals surface area contributed by atoms with Gasteiger partial charge < -0.3 is 25.6 Å². The summed E-state index contributed by atoms with van der Waals surface area (Å²) >= 11 is 0. The van der Waals surface area contributed by atoms with Crippen LogP contribution >= 0.6 is 0 Å². The number of carbonyl (C=O) groups excluding carboxylic acids is 1. The van der Waals surface area contributed by atoms with Crippen molar-refractivity contribution in [2.24, 2.45) is 0 Å². The Balaban J connectivity index is 1.93. The summed E-state index contributed by atoms with van der Waals surface area (Å²) in [5.41, 5.74) is 8.52. The maximum atomic E-state index is 11.4. The summed E-state index contributed by atoms with van der Waals surface area (Å²) in [6, 6.07) is 4.10. The first-order valence-corrected chi connectivity index (χ1v) is 6.86. The van der Waals surface area contributed by atoms with Crippen LogP contribution < -0.4 is 20.7 Å². The molecule has 6 nitrogen and oxygen atoms in total. The molecule has 6 heteroatoms. The molecule has 1 atom stereocenters. The van der Waals surface area contributed by atoms with Crippen molar-refractivity contribution in [1.29, 1.82) is 0 Å². The number of hydrogen-bond acceptors (Lipinski definition) is 5. The lowest BCUT2D eigenvalue weighted by molar-refractivity contribution is -0.118. The van der Waals surface area contributed by atoms with Gasteiger partial charge in [0.1, 0.15) is 5.75 Å². The fraction of sp³-hybridized carbons (Fsp3) is 0.500. The van der Waals surface area contributed by atoms with Crippen molar-refractivity contribution in [3.05, 3.63) is 12.1 Å². The number of rotatable bonds is 1. The Labute approximate surface area is 118 Å². The van der Waals surface area contributed by atoms with Gasteiger partial charge in [-0.15, -0.1) is 0 Å². The maximum Gasteiger partial charge on any atom is 0.262 e. The third-order valence-electron chi connectivity index (χ3n) is 3.90. The number of nitrogens with one attached hydrogen (secondary N) is 1. The molecule has 1 amide bonds. The van der Waals surface area contributed by atoms with Crippen LogP contribution in [0.3, 0.4) is 0 Å². The van der Waals surface area contributed by atoms with Gasteiger partial charge in [-0.3, -0.25) is 4.79 Å². The summed E-state index contributed by atoms with van der Waals surface area (Å²) in [6.45, 7) is 5.17. The van der Waals surface area contributed by atoms with E-state index in [0.29, 0.717) is 23.2 Å². The van der Waals surface area contributed by atoms with Gasteiger partial charge in [-0.05, 0) is 20.0 Å². The minimum absolute atomic E-state index is 0.0523. The fourth-order valence-corrected chi connectivity index (χ4v) is 2.88. The van der Waals surface area contributed by atoms with Gasteiger partial charge in [-0.25, -0.2) is 0 Å². The molecule has 0 spiro atoms. The Bertz CT molecular complexity index is 546. The first-order chi connectivity index (χ1) is 9.54. The van der Waals surface area contributed by atoms with E-state index in [2.05, 4.69) is 29.1 Å². The molecule has 3 N–H and O–H groups in total. The first-order valence-electron chi connectivity index (χ1n) is 6.86. The lowest BCUT2D eigenvalue weighted by atomic mass is 10.1. The summed E-state index contributed by atoms with van der Waals surface area (Å²) in [4.78, 5) is 16.0. The van der Waals surface area contributed by atoms with Gasteiger partial charge in [0.15, 0.2) is 6.61 Å². The molecule has 0 radical (unpaired) electrons. The summed E-state index contributed by atoms with van der Waals surface area (Å²) in [7, 11) is 2.12. The lowest BCUT2D eigenvalue weighted by Gasteiger charge is -2.40. The molecule has 0 aliphatic carbocycles. The van der Waals surface area contributed by atoms with Crippen LogP contribution in [0.15, 0.2) is 12.1 Å². The second-order valence-corrected chi connectivity index (χ2v) is 5.55. The topological polar surface area (TPSA) is 70.8 Å². The summed E-state index contributed by atoms with van der Waals surface area (Å²) < 4.78 is 5.38. The van der Waals surface area contributed by atoms with Crippen LogP contribution in [-0.4, -0.2) is 50.1 Å². The highest BCUT2D eigenvalue weighted by Gasteiger charge is 2.25. The SMILES string of the molecule is CC1CN(C)CCN1c1cc2c(cc1N)OCC(=O)N2. The number of fused-ring (bicyclic) bond motifs is 1. The monoisotopic (exact) mass is 276 g/mol. The molecule has 1 aromatic carbocycles. The van der Waals surface area contributed by atoms with Gasteiger partial charge in [0.05, 0.1) is 17.1 Å². The molecule has 2 heterocycles. The number of anilines is 3. The van der Waals surface area contributed by atoms with E-state index in [-0.39, 0.29) is 12.5 Å². The number of nitrogens with two attached hydrogens (primary N) is 1. The smallest absolute Gasteiger partial charge is 0.262 e.